The molecule has 5 nitrogen and oxygen atoms in total. The molecule has 0 unspecified atom stereocenters. The second kappa shape index (κ2) is 6.31. The maximum Gasteiger partial charge on any atom is 0.246 e. The summed E-state index contributed by atoms with van der Waals surface area (Å²) in [5.74, 6) is 0.847. The highest BCUT2D eigenvalue weighted by molar-refractivity contribution is 5.75. The fourth-order valence-corrected chi connectivity index (χ4v) is 2.13. The first-order valence-electron chi connectivity index (χ1n) is 6.86. The second-order valence-electron chi connectivity index (χ2n) is 4.70. The number of anilines is 1. The summed E-state index contributed by atoms with van der Waals surface area (Å²) in [6, 6.07) is 13.2. The van der Waals surface area contributed by atoms with E-state index in [2.05, 4.69) is 9.97 Å². The monoisotopic (exact) mass is 311 g/mol. The quantitative estimate of drug-likeness (QED) is 0.796. The van der Waals surface area contributed by atoms with Gasteiger partial charge in [0.15, 0.2) is 11.5 Å². The van der Waals surface area contributed by atoms with Crippen LogP contribution in [0.5, 0.6) is 17.4 Å². The zero-order valence-electron chi connectivity index (χ0n) is 12.4. The Kier molecular flexibility index (Phi) is 4.05. The molecule has 3 aromatic rings. The zero-order chi connectivity index (χ0) is 16.2. The molecule has 0 aliphatic rings. The number of nitrogens with two attached hydrogens (primary N) is 1. The number of hydrogen-bond acceptors (Lipinski definition) is 5. The van der Waals surface area contributed by atoms with Crippen molar-refractivity contribution >= 4 is 5.69 Å². The van der Waals surface area contributed by atoms with Crippen molar-refractivity contribution in [1.29, 1.82) is 0 Å². The van der Waals surface area contributed by atoms with Crippen LogP contribution in [-0.2, 0) is 0 Å². The number of nitrogen functional groups attached to an aromatic ring is 1. The summed E-state index contributed by atoms with van der Waals surface area (Å²) in [6.07, 6.45) is 1.32. The molecule has 0 atom stereocenters. The van der Waals surface area contributed by atoms with Crippen molar-refractivity contribution in [3.63, 3.8) is 0 Å². The molecule has 0 fully saturated rings. The molecule has 2 N–H and O–H groups in total. The topological polar surface area (TPSA) is 70.3 Å². The van der Waals surface area contributed by atoms with E-state index in [0.717, 1.165) is 0 Å². The minimum atomic E-state index is -0.368. The van der Waals surface area contributed by atoms with Gasteiger partial charge in [0.1, 0.15) is 23.5 Å². The summed E-state index contributed by atoms with van der Waals surface area (Å²) >= 11 is 0. The van der Waals surface area contributed by atoms with Crippen molar-refractivity contribution in [3.8, 4) is 28.6 Å². The lowest BCUT2D eigenvalue weighted by Gasteiger charge is -2.12. The molecule has 1 heterocycles. The normalized spacial score (nSPS) is 10.3. The number of ether oxygens (including phenoxy) is 2. The average molecular weight is 311 g/mol. The predicted octanol–water partition coefficient (Wildman–Crippen LogP) is 3.67. The van der Waals surface area contributed by atoms with Gasteiger partial charge in [0, 0.05) is 5.56 Å². The van der Waals surface area contributed by atoms with Crippen LogP contribution in [-0.4, -0.2) is 17.1 Å². The molecule has 6 heteroatoms. The van der Waals surface area contributed by atoms with Crippen LogP contribution in [0.4, 0.5) is 10.1 Å². The first kappa shape index (κ1) is 14.8. The van der Waals surface area contributed by atoms with E-state index >= 15 is 0 Å². The van der Waals surface area contributed by atoms with Gasteiger partial charge in [0.25, 0.3) is 0 Å². The fraction of sp³-hybridized carbons (Fsp3) is 0.0588. The SMILES string of the molecule is COc1ccccc1Oc1ncnc(-c2cccc(F)c2)c1N. The van der Waals surface area contributed by atoms with Crippen molar-refractivity contribution in [2.45, 2.75) is 0 Å². The minimum absolute atomic E-state index is 0.184. The molecule has 0 radical (unpaired) electrons. The number of nitrogens with zero attached hydrogens (tertiary/aromatic N) is 2. The Morgan fingerprint density at radius 3 is 2.52 bits per heavy atom. The Labute approximate surface area is 132 Å². The van der Waals surface area contributed by atoms with E-state index in [0.29, 0.717) is 22.8 Å². The van der Waals surface area contributed by atoms with Crippen molar-refractivity contribution < 1.29 is 13.9 Å². The van der Waals surface area contributed by atoms with Crippen LogP contribution in [0, 0.1) is 5.82 Å². The lowest BCUT2D eigenvalue weighted by atomic mass is 10.1. The molecule has 0 saturated carbocycles. The van der Waals surface area contributed by atoms with Gasteiger partial charge in [-0.2, -0.15) is 4.98 Å². The lowest BCUT2D eigenvalue weighted by molar-refractivity contribution is 0.374. The summed E-state index contributed by atoms with van der Waals surface area (Å²) in [6.45, 7) is 0. The number of halogens is 1. The molecule has 0 bridgehead atoms. The van der Waals surface area contributed by atoms with Gasteiger partial charge < -0.3 is 15.2 Å². The molecule has 0 saturated heterocycles. The van der Waals surface area contributed by atoms with Crippen LogP contribution in [0.15, 0.2) is 54.9 Å². The zero-order valence-corrected chi connectivity index (χ0v) is 12.4. The van der Waals surface area contributed by atoms with Crippen LogP contribution in [0.1, 0.15) is 0 Å². The fourth-order valence-electron chi connectivity index (χ4n) is 2.13. The van der Waals surface area contributed by atoms with Crippen LogP contribution < -0.4 is 15.2 Å². The van der Waals surface area contributed by atoms with E-state index in [1.54, 1.807) is 31.4 Å². The van der Waals surface area contributed by atoms with Gasteiger partial charge in [-0.1, -0.05) is 24.3 Å². The highest BCUT2D eigenvalue weighted by Crippen LogP contribution is 2.35. The van der Waals surface area contributed by atoms with Gasteiger partial charge in [-0.3, -0.25) is 0 Å². The minimum Gasteiger partial charge on any atom is -0.493 e. The largest absolute Gasteiger partial charge is 0.493 e. The van der Waals surface area contributed by atoms with E-state index in [1.165, 1.54) is 18.5 Å². The maximum absolute atomic E-state index is 13.4. The van der Waals surface area contributed by atoms with E-state index in [1.807, 2.05) is 12.1 Å². The van der Waals surface area contributed by atoms with Crippen LogP contribution in [0.3, 0.4) is 0 Å². The van der Waals surface area contributed by atoms with Crippen LogP contribution in [0.2, 0.25) is 0 Å². The maximum atomic E-state index is 13.4. The molecular formula is C17H14FN3O2. The van der Waals surface area contributed by atoms with Crippen LogP contribution >= 0.6 is 0 Å². The molecule has 0 spiro atoms. The number of aromatic nitrogens is 2. The van der Waals surface area contributed by atoms with Crippen molar-refractivity contribution in [2.75, 3.05) is 12.8 Å². The van der Waals surface area contributed by atoms with Gasteiger partial charge in [0.2, 0.25) is 5.88 Å². The molecule has 0 aliphatic heterocycles. The van der Waals surface area contributed by atoms with Gasteiger partial charge in [0.05, 0.1) is 7.11 Å². The number of para-hydroxylation sites is 2. The third-order valence-electron chi connectivity index (χ3n) is 3.22. The first-order chi connectivity index (χ1) is 11.2. The Balaban J connectivity index is 2.00. The Morgan fingerprint density at radius 2 is 1.78 bits per heavy atom. The van der Waals surface area contributed by atoms with E-state index in [-0.39, 0.29) is 17.4 Å². The molecule has 116 valence electrons. The summed E-state index contributed by atoms with van der Waals surface area (Å²) in [5.41, 5.74) is 7.28. The summed E-state index contributed by atoms with van der Waals surface area (Å²) in [5, 5.41) is 0. The molecule has 0 amide bonds. The van der Waals surface area contributed by atoms with E-state index < -0.39 is 0 Å². The number of rotatable bonds is 4. The molecule has 1 aromatic heterocycles. The molecule has 2 aromatic carbocycles. The molecule has 23 heavy (non-hydrogen) atoms. The molecular weight excluding hydrogens is 297 g/mol. The average Bonchev–Trinajstić information content (AvgIpc) is 2.57. The van der Waals surface area contributed by atoms with Gasteiger partial charge in [-0.25, -0.2) is 9.37 Å². The number of methoxy groups -OCH3 is 1. The highest BCUT2D eigenvalue weighted by atomic mass is 19.1. The summed E-state index contributed by atoms with van der Waals surface area (Å²) in [4.78, 5) is 8.17. The smallest absolute Gasteiger partial charge is 0.246 e. The predicted molar refractivity (Wildman–Crippen MR) is 84.9 cm³/mol. The third kappa shape index (κ3) is 3.06. The summed E-state index contributed by atoms with van der Waals surface area (Å²) in [7, 11) is 1.55. The first-order valence-corrected chi connectivity index (χ1v) is 6.86. The Morgan fingerprint density at radius 1 is 1.00 bits per heavy atom. The standard InChI is InChI=1S/C17H14FN3O2/c1-22-13-7-2-3-8-14(13)23-17-15(19)16(20-10-21-17)11-5-4-6-12(18)9-11/h2-10H,19H2,1H3. The van der Waals surface area contributed by atoms with Crippen molar-refractivity contribution in [2.24, 2.45) is 0 Å². The lowest BCUT2D eigenvalue weighted by Crippen LogP contribution is -2.01. The number of benzene rings is 2. The van der Waals surface area contributed by atoms with Gasteiger partial charge in [-0.15, -0.1) is 0 Å². The van der Waals surface area contributed by atoms with Crippen molar-refractivity contribution in [3.05, 3.63) is 60.7 Å². The van der Waals surface area contributed by atoms with Crippen LogP contribution in [0.25, 0.3) is 11.3 Å². The third-order valence-corrected chi connectivity index (χ3v) is 3.22. The molecule has 3 rings (SSSR count). The molecule has 0 aliphatic carbocycles. The van der Waals surface area contributed by atoms with E-state index in [4.69, 9.17) is 15.2 Å². The Hall–Kier alpha value is -3.15. The summed E-state index contributed by atoms with van der Waals surface area (Å²) < 4.78 is 24.4. The second-order valence-corrected chi connectivity index (χ2v) is 4.70. The van der Waals surface area contributed by atoms with Gasteiger partial charge in [-0.05, 0) is 24.3 Å². The highest BCUT2D eigenvalue weighted by Gasteiger charge is 2.14. The van der Waals surface area contributed by atoms with Crippen molar-refractivity contribution in [1.82, 2.24) is 9.97 Å². The number of hydrogen-bond donors (Lipinski definition) is 1. The van der Waals surface area contributed by atoms with E-state index in [9.17, 15) is 4.39 Å². The Bertz CT molecular complexity index is 840. The van der Waals surface area contributed by atoms with Gasteiger partial charge >= 0.3 is 0 Å².